The number of hydrogen-bond donors (Lipinski definition) is 1. The van der Waals surface area contributed by atoms with Gasteiger partial charge in [-0.25, -0.2) is 9.18 Å². The number of pyridine rings is 1. The van der Waals surface area contributed by atoms with Crippen molar-refractivity contribution in [2.45, 2.75) is 0 Å². The Balaban J connectivity index is 2.44. The normalized spacial score (nSPS) is 11.1. The standard InChI is InChI=1S/C12H6FNO3/c13-8-4-14-5-10-11(8)7-2-1-6(12(15)16)3-9(7)17-10/h1-5H,(H,15,16). The highest BCUT2D eigenvalue weighted by Crippen LogP contribution is 2.30. The van der Waals surface area contributed by atoms with Crippen LogP contribution in [0.15, 0.2) is 35.0 Å². The number of carboxylic acid groups (broad SMARTS) is 1. The molecule has 2 heterocycles. The van der Waals surface area contributed by atoms with E-state index >= 15 is 0 Å². The number of nitrogens with zero attached hydrogens (tertiary/aromatic N) is 1. The summed E-state index contributed by atoms with van der Waals surface area (Å²) in [6, 6.07) is 4.32. The summed E-state index contributed by atoms with van der Waals surface area (Å²) >= 11 is 0. The van der Waals surface area contributed by atoms with Gasteiger partial charge in [0.25, 0.3) is 0 Å². The highest BCUT2D eigenvalue weighted by Gasteiger charge is 2.13. The van der Waals surface area contributed by atoms with Crippen molar-refractivity contribution in [3.8, 4) is 0 Å². The lowest BCUT2D eigenvalue weighted by Gasteiger charge is -1.93. The minimum atomic E-state index is -1.05. The molecule has 0 atom stereocenters. The Bertz CT molecular complexity index is 748. The van der Waals surface area contributed by atoms with Crippen LogP contribution in [0.1, 0.15) is 10.4 Å². The Morgan fingerprint density at radius 2 is 2.12 bits per heavy atom. The number of benzene rings is 1. The fraction of sp³-hybridized carbons (Fsp3) is 0. The van der Waals surface area contributed by atoms with Crippen LogP contribution in [0.25, 0.3) is 21.9 Å². The second-order valence-electron chi connectivity index (χ2n) is 3.61. The molecule has 0 spiro atoms. The first-order valence-corrected chi connectivity index (χ1v) is 4.86. The number of halogens is 1. The summed E-state index contributed by atoms with van der Waals surface area (Å²) < 4.78 is 18.9. The van der Waals surface area contributed by atoms with E-state index in [1.54, 1.807) is 0 Å². The molecule has 0 fully saturated rings. The van der Waals surface area contributed by atoms with E-state index in [9.17, 15) is 9.18 Å². The van der Waals surface area contributed by atoms with Crippen LogP contribution in [-0.4, -0.2) is 16.1 Å². The van der Waals surface area contributed by atoms with E-state index in [0.29, 0.717) is 21.9 Å². The zero-order valence-electron chi connectivity index (χ0n) is 8.48. The van der Waals surface area contributed by atoms with Gasteiger partial charge in [-0.1, -0.05) is 0 Å². The molecule has 0 amide bonds. The number of carbonyl (C=O) groups is 1. The molecule has 5 heteroatoms. The third-order valence-corrected chi connectivity index (χ3v) is 2.58. The zero-order chi connectivity index (χ0) is 12.0. The summed E-state index contributed by atoms with van der Waals surface area (Å²) in [7, 11) is 0. The van der Waals surface area contributed by atoms with E-state index < -0.39 is 11.8 Å². The Labute approximate surface area is 94.3 Å². The Hall–Kier alpha value is -2.43. The van der Waals surface area contributed by atoms with Gasteiger partial charge in [-0.15, -0.1) is 0 Å². The molecule has 17 heavy (non-hydrogen) atoms. The number of aromatic nitrogens is 1. The average molecular weight is 231 g/mol. The summed E-state index contributed by atoms with van der Waals surface area (Å²) in [5.41, 5.74) is 0.749. The summed E-state index contributed by atoms with van der Waals surface area (Å²) in [6.45, 7) is 0. The van der Waals surface area contributed by atoms with Crippen LogP contribution in [0.3, 0.4) is 0 Å². The molecular weight excluding hydrogens is 225 g/mol. The Morgan fingerprint density at radius 1 is 1.29 bits per heavy atom. The molecule has 0 aliphatic rings. The predicted octanol–water partition coefficient (Wildman–Crippen LogP) is 2.82. The lowest BCUT2D eigenvalue weighted by Crippen LogP contribution is -1.94. The molecule has 0 aliphatic carbocycles. The smallest absolute Gasteiger partial charge is 0.335 e. The Morgan fingerprint density at radius 3 is 2.88 bits per heavy atom. The fourth-order valence-electron chi connectivity index (χ4n) is 1.82. The molecule has 0 saturated heterocycles. The number of carboxylic acids is 1. The summed E-state index contributed by atoms with van der Waals surface area (Å²) in [4.78, 5) is 14.5. The lowest BCUT2D eigenvalue weighted by molar-refractivity contribution is 0.0697. The van der Waals surface area contributed by atoms with Crippen LogP contribution >= 0.6 is 0 Å². The molecule has 0 saturated carbocycles. The monoisotopic (exact) mass is 231 g/mol. The van der Waals surface area contributed by atoms with Gasteiger partial charge < -0.3 is 9.52 Å². The van der Waals surface area contributed by atoms with Crippen molar-refractivity contribution in [2.24, 2.45) is 0 Å². The van der Waals surface area contributed by atoms with Gasteiger partial charge in [0.15, 0.2) is 11.4 Å². The largest absolute Gasteiger partial charge is 0.478 e. The second-order valence-corrected chi connectivity index (χ2v) is 3.61. The minimum absolute atomic E-state index is 0.102. The van der Waals surface area contributed by atoms with Crippen LogP contribution in [0.5, 0.6) is 0 Å². The van der Waals surface area contributed by atoms with Crippen LogP contribution in [0.2, 0.25) is 0 Å². The molecule has 3 aromatic rings. The van der Waals surface area contributed by atoms with Crippen LogP contribution in [0, 0.1) is 5.82 Å². The van der Waals surface area contributed by atoms with Gasteiger partial charge in [0.1, 0.15) is 5.58 Å². The number of fused-ring (bicyclic) bond motifs is 3. The van der Waals surface area contributed by atoms with Crippen molar-refractivity contribution in [3.05, 3.63) is 42.0 Å². The van der Waals surface area contributed by atoms with Crippen LogP contribution in [0.4, 0.5) is 4.39 Å². The van der Waals surface area contributed by atoms with E-state index in [0.717, 1.165) is 6.20 Å². The zero-order valence-corrected chi connectivity index (χ0v) is 8.48. The molecular formula is C12H6FNO3. The number of aromatic carboxylic acids is 1. The second kappa shape index (κ2) is 3.28. The van der Waals surface area contributed by atoms with E-state index in [4.69, 9.17) is 9.52 Å². The maximum absolute atomic E-state index is 13.6. The van der Waals surface area contributed by atoms with Gasteiger partial charge in [-0.05, 0) is 18.2 Å². The van der Waals surface area contributed by atoms with Crippen LogP contribution < -0.4 is 0 Å². The molecule has 3 rings (SSSR count). The van der Waals surface area contributed by atoms with Gasteiger partial charge in [0.2, 0.25) is 0 Å². The molecule has 2 aromatic heterocycles. The van der Waals surface area contributed by atoms with Gasteiger partial charge in [-0.2, -0.15) is 0 Å². The van der Waals surface area contributed by atoms with Gasteiger partial charge >= 0.3 is 5.97 Å². The molecule has 4 nitrogen and oxygen atoms in total. The van der Waals surface area contributed by atoms with Gasteiger partial charge in [-0.3, -0.25) is 4.98 Å². The van der Waals surface area contributed by atoms with E-state index in [2.05, 4.69) is 4.98 Å². The van der Waals surface area contributed by atoms with Crippen molar-refractivity contribution in [3.63, 3.8) is 0 Å². The highest BCUT2D eigenvalue weighted by molar-refractivity contribution is 6.06. The predicted molar refractivity (Wildman–Crippen MR) is 58.4 cm³/mol. The first-order valence-electron chi connectivity index (χ1n) is 4.86. The summed E-state index contributed by atoms with van der Waals surface area (Å²) in [6.07, 6.45) is 2.50. The lowest BCUT2D eigenvalue weighted by atomic mass is 10.1. The van der Waals surface area contributed by atoms with Crippen molar-refractivity contribution in [1.82, 2.24) is 4.98 Å². The van der Waals surface area contributed by atoms with Gasteiger partial charge in [0, 0.05) is 5.39 Å². The van der Waals surface area contributed by atoms with Crippen molar-refractivity contribution >= 4 is 27.9 Å². The first kappa shape index (κ1) is 9.77. The maximum atomic E-state index is 13.6. The van der Waals surface area contributed by atoms with E-state index in [-0.39, 0.29) is 5.56 Å². The quantitative estimate of drug-likeness (QED) is 0.699. The number of rotatable bonds is 1. The molecule has 0 bridgehead atoms. The maximum Gasteiger partial charge on any atom is 0.335 e. The molecule has 0 unspecified atom stereocenters. The fourth-order valence-corrected chi connectivity index (χ4v) is 1.82. The average Bonchev–Trinajstić information content (AvgIpc) is 2.67. The number of hydrogen-bond acceptors (Lipinski definition) is 3. The van der Waals surface area contributed by atoms with Crippen molar-refractivity contribution in [1.29, 1.82) is 0 Å². The van der Waals surface area contributed by atoms with Crippen molar-refractivity contribution in [2.75, 3.05) is 0 Å². The SMILES string of the molecule is O=C(O)c1ccc2c(c1)oc1cncc(F)c12. The first-order chi connectivity index (χ1) is 8.16. The van der Waals surface area contributed by atoms with E-state index in [1.165, 1.54) is 24.4 Å². The molecule has 84 valence electrons. The topological polar surface area (TPSA) is 63.3 Å². The minimum Gasteiger partial charge on any atom is -0.478 e. The molecule has 1 aromatic carbocycles. The molecule has 0 radical (unpaired) electrons. The van der Waals surface area contributed by atoms with Crippen LogP contribution in [-0.2, 0) is 0 Å². The number of furan rings is 1. The van der Waals surface area contributed by atoms with Gasteiger partial charge in [0.05, 0.1) is 23.3 Å². The molecule has 1 N–H and O–H groups in total. The summed E-state index contributed by atoms with van der Waals surface area (Å²) in [5, 5.41) is 9.72. The highest BCUT2D eigenvalue weighted by atomic mass is 19.1. The third-order valence-electron chi connectivity index (χ3n) is 2.58. The van der Waals surface area contributed by atoms with Crippen molar-refractivity contribution < 1.29 is 18.7 Å². The molecule has 0 aliphatic heterocycles. The summed E-state index contributed by atoms with van der Waals surface area (Å²) in [5.74, 6) is -1.53. The Kier molecular flexibility index (Phi) is 1.89. The van der Waals surface area contributed by atoms with E-state index in [1.807, 2.05) is 0 Å². The third kappa shape index (κ3) is 1.36.